The molecule has 0 heterocycles. The third-order valence-corrected chi connectivity index (χ3v) is 3.75. The fraction of sp³-hybridized carbons (Fsp3) is 0.176. The molecule has 23 heavy (non-hydrogen) atoms. The highest BCUT2D eigenvalue weighted by molar-refractivity contribution is 9.10. The maximum atomic E-state index is 12.4. The Labute approximate surface area is 143 Å². The van der Waals surface area contributed by atoms with E-state index in [-0.39, 0.29) is 18.6 Å². The van der Waals surface area contributed by atoms with Crippen molar-refractivity contribution >= 4 is 27.7 Å². The van der Waals surface area contributed by atoms with Gasteiger partial charge in [0.15, 0.2) is 6.61 Å². The molecule has 120 valence electrons. The number of hydrogen-bond donors (Lipinski definition) is 2. The van der Waals surface area contributed by atoms with E-state index in [1.165, 1.54) is 0 Å². The molecule has 0 spiro atoms. The third-order valence-electron chi connectivity index (χ3n) is 3.22. The Kier molecular flexibility index (Phi) is 5.76. The number of nitrogens with two attached hydrogens (primary N) is 1. The largest absolute Gasteiger partial charge is 0.483 e. The Bertz CT molecular complexity index is 701. The van der Waals surface area contributed by atoms with Crippen LogP contribution in [-0.2, 0) is 4.79 Å². The molecule has 2 aromatic carbocycles. The van der Waals surface area contributed by atoms with Crippen LogP contribution in [0.4, 0.5) is 0 Å². The van der Waals surface area contributed by atoms with Gasteiger partial charge >= 0.3 is 0 Å². The predicted octanol–water partition coefficient (Wildman–Crippen LogP) is 2.80. The first-order chi connectivity index (χ1) is 11.0. The lowest BCUT2D eigenvalue weighted by Gasteiger charge is -2.16. The SMILES string of the molecule is CC(NC(=O)c1ccccc1OCC(N)=O)c1ccc(Br)cc1. The van der Waals surface area contributed by atoms with Crippen LogP contribution in [0.25, 0.3) is 0 Å². The van der Waals surface area contributed by atoms with Gasteiger partial charge in [0.05, 0.1) is 11.6 Å². The second-order valence-corrected chi connectivity index (χ2v) is 5.91. The van der Waals surface area contributed by atoms with E-state index in [0.717, 1.165) is 10.0 Å². The summed E-state index contributed by atoms with van der Waals surface area (Å²) in [6, 6.07) is 14.3. The zero-order valence-electron chi connectivity index (χ0n) is 12.6. The molecule has 1 atom stereocenters. The lowest BCUT2D eigenvalue weighted by Crippen LogP contribution is -2.27. The molecular weight excluding hydrogens is 360 g/mol. The molecule has 0 fully saturated rings. The molecule has 2 rings (SSSR count). The maximum Gasteiger partial charge on any atom is 0.255 e. The molecule has 1 unspecified atom stereocenters. The van der Waals surface area contributed by atoms with Crippen molar-refractivity contribution < 1.29 is 14.3 Å². The fourth-order valence-electron chi connectivity index (χ4n) is 2.04. The number of carbonyl (C=O) groups is 2. The molecule has 0 aromatic heterocycles. The van der Waals surface area contributed by atoms with Crippen LogP contribution in [-0.4, -0.2) is 18.4 Å². The molecule has 0 aliphatic rings. The molecule has 0 aliphatic heterocycles. The predicted molar refractivity (Wildman–Crippen MR) is 91.2 cm³/mol. The van der Waals surface area contributed by atoms with Gasteiger partial charge in [-0.1, -0.05) is 40.2 Å². The highest BCUT2D eigenvalue weighted by Gasteiger charge is 2.15. The topological polar surface area (TPSA) is 81.4 Å². The van der Waals surface area contributed by atoms with Crippen LogP contribution in [0.1, 0.15) is 28.9 Å². The van der Waals surface area contributed by atoms with E-state index in [1.807, 2.05) is 31.2 Å². The van der Waals surface area contributed by atoms with Crippen molar-refractivity contribution in [1.29, 1.82) is 0 Å². The van der Waals surface area contributed by atoms with E-state index in [4.69, 9.17) is 10.5 Å². The second kappa shape index (κ2) is 7.78. The summed E-state index contributed by atoms with van der Waals surface area (Å²) in [5.74, 6) is -0.546. The monoisotopic (exact) mass is 376 g/mol. The van der Waals surface area contributed by atoms with E-state index in [0.29, 0.717) is 11.3 Å². The molecule has 6 heteroatoms. The summed E-state index contributed by atoms with van der Waals surface area (Å²) in [7, 11) is 0. The van der Waals surface area contributed by atoms with E-state index in [2.05, 4.69) is 21.2 Å². The van der Waals surface area contributed by atoms with Gasteiger partial charge in [-0.3, -0.25) is 9.59 Å². The van der Waals surface area contributed by atoms with Gasteiger partial charge in [-0.25, -0.2) is 0 Å². The molecular formula is C17H17BrN2O3. The minimum atomic E-state index is -0.594. The number of carbonyl (C=O) groups excluding carboxylic acids is 2. The Morgan fingerprint density at radius 1 is 1.17 bits per heavy atom. The van der Waals surface area contributed by atoms with Gasteiger partial charge in [-0.05, 0) is 36.8 Å². The lowest BCUT2D eigenvalue weighted by atomic mass is 10.1. The number of primary amides is 1. The number of hydrogen-bond acceptors (Lipinski definition) is 3. The second-order valence-electron chi connectivity index (χ2n) is 5.00. The normalized spacial score (nSPS) is 11.6. The molecule has 5 nitrogen and oxygen atoms in total. The Hall–Kier alpha value is -2.34. The van der Waals surface area contributed by atoms with Gasteiger partial charge in [0, 0.05) is 4.47 Å². The van der Waals surface area contributed by atoms with Crippen LogP contribution >= 0.6 is 15.9 Å². The summed E-state index contributed by atoms with van der Waals surface area (Å²) >= 11 is 3.38. The first kappa shape index (κ1) is 17.0. The minimum Gasteiger partial charge on any atom is -0.483 e. The molecule has 2 amide bonds. The first-order valence-corrected chi connectivity index (χ1v) is 7.83. The number of para-hydroxylation sites is 1. The number of nitrogens with one attached hydrogen (secondary N) is 1. The van der Waals surface area contributed by atoms with E-state index in [1.54, 1.807) is 24.3 Å². The number of amides is 2. The van der Waals surface area contributed by atoms with Crippen LogP contribution < -0.4 is 15.8 Å². The third kappa shape index (κ3) is 4.82. The zero-order valence-corrected chi connectivity index (χ0v) is 14.2. The van der Waals surface area contributed by atoms with Gasteiger partial charge in [-0.15, -0.1) is 0 Å². The van der Waals surface area contributed by atoms with Gasteiger partial charge in [0.1, 0.15) is 5.75 Å². The Morgan fingerprint density at radius 3 is 2.48 bits per heavy atom. The van der Waals surface area contributed by atoms with Crippen molar-refractivity contribution in [3.05, 3.63) is 64.1 Å². The lowest BCUT2D eigenvalue weighted by molar-refractivity contribution is -0.119. The van der Waals surface area contributed by atoms with Crippen molar-refractivity contribution in [2.24, 2.45) is 5.73 Å². The van der Waals surface area contributed by atoms with Crippen LogP contribution in [0.5, 0.6) is 5.75 Å². The highest BCUT2D eigenvalue weighted by atomic mass is 79.9. The van der Waals surface area contributed by atoms with Gasteiger partial charge in [0.25, 0.3) is 11.8 Å². The summed E-state index contributed by atoms with van der Waals surface area (Å²) in [4.78, 5) is 23.3. The van der Waals surface area contributed by atoms with Crippen molar-refractivity contribution in [3.63, 3.8) is 0 Å². The maximum absolute atomic E-state index is 12.4. The molecule has 0 saturated carbocycles. The number of benzene rings is 2. The van der Waals surface area contributed by atoms with E-state index in [9.17, 15) is 9.59 Å². The van der Waals surface area contributed by atoms with Crippen molar-refractivity contribution in [2.75, 3.05) is 6.61 Å². The summed E-state index contributed by atoms with van der Waals surface area (Å²) in [5, 5.41) is 2.91. The summed E-state index contributed by atoms with van der Waals surface area (Å²) in [6.45, 7) is 1.63. The van der Waals surface area contributed by atoms with Gasteiger partial charge in [-0.2, -0.15) is 0 Å². The highest BCUT2D eigenvalue weighted by Crippen LogP contribution is 2.21. The molecule has 0 saturated heterocycles. The standard InChI is InChI=1S/C17H17BrN2O3/c1-11(12-6-8-13(18)9-7-12)20-17(22)14-4-2-3-5-15(14)23-10-16(19)21/h2-9,11H,10H2,1H3,(H2,19,21)(H,20,22). The fourth-order valence-corrected chi connectivity index (χ4v) is 2.30. The summed E-state index contributed by atoms with van der Waals surface area (Å²) < 4.78 is 6.26. The quantitative estimate of drug-likeness (QED) is 0.812. The number of rotatable bonds is 6. The molecule has 0 bridgehead atoms. The van der Waals surface area contributed by atoms with Crippen molar-refractivity contribution in [2.45, 2.75) is 13.0 Å². The molecule has 0 aliphatic carbocycles. The average Bonchev–Trinajstić information content (AvgIpc) is 2.53. The van der Waals surface area contributed by atoms with Crippen LogP contribution in [0, 0.1) is 0 Å². The van der Waals surface area contributed by atoms with Crippen molar-refractivity contribution in [3.8, 4) is 5.75 Å². The van der Waals surface area contributed by atoms with E-state index >= 15 is 0 Å². The first-order valence-electron chi connectivity index (χ1n) is 7.04. The Morgan fingerprint density at radius 2 is 1.83 bits per heavy atom. The molecule has 3 N–H and O–H groups in total. The van der Waals surface area contributed by atoms with Crippen LogP contribution in [0.2, 0.25) is 0 Å². The van der Waals surface area contributed by atoms with Gasteiger partial charge < -0.3 is 15.8 Å². The van der Waals surface area contributed by atoms with Crippen LogP contribution in [0.15, 0.2) is 53.0 Å². The van der Waals surface area contributed by atoms with Gasteiger partial charge in [0.2, 0.25) is 0 Å². The molecule has 0 radical (unpaired) electrons. The van der Waals surface area contributed by atoms with Crippen LogP contribution in [0.3, 0.4) is 0 Å². The smallest absolute Gasteiger partial charge is 0.255 e. The summed E-state index contributed by atoms with van der Waals surface area (Å²) in [5.41, 5.74) is 6.41. The molecule has 2 aromatic rings. The Balaban J connectivity index is 2.11. The minimum absolute atomic E-state index is 0.167. The number of halogens is 1. The number of ether oxygens (including phenoxy) is 1. The van der Waals surface area contributed by atoms with Crippen molar-refractivity contribution in [1.82, 2.24) is 5.32 Å². The average molecular weight is 377 g/mol. The summed E-state index contributed by atoms with van der Waals surface area (Å²) in [6.07, 6.45) is 0. The zero-order chi connectivity index (χ0) is 16.8. The van der Waals surface area contributed by atoms with E-state index < -0.39 is 5.91 Å².